The number of amides is 1. The third-order valence-electron chi connectivity index (χ3n) is 3.45. The van der Waals surface area contributed by atoms with Crippen LogP contribution in [-0.2, 0) is 21.2 Å². The number of hydrogen-bond donors (Lipinski definition) is 0. The average molecular weight is 315 g/mol. The number of rotatable bonds is 4. The second-order valence-corrected chi connectivity index (χ2v) is 7.04. The van der Waals surface area contributed by atoms with Gasteiger partial charge < -0.3 is 4.90 Å². The van der Waals surface area contributed by atoms with Gasteiger partial charge in [-0.15, -0.1) is 0 Å². The molecule has 1 fully saturated rings. The molecule has 0 bridgehead atoms. The molecule has 1 aromatic rings. The molecule has 2 heterocycles. The lowest BCUT2D eigenvalue weighted by molar-refractivity contribution is -0.132. The Morgan fingerprint density at radius 1 is 1.29 bits per heavy atom. The highest BCUT2D eigenvalue weighted by molar-refractivity contribution is 7.88. The van der Waals surface area contributed by atoms with Crippen LogP contribution in [0.1, 0.15) is 12.0 Å². The van der Waals surface area contributed by atoms with Crippen molar-refractivity contribution >= 4 is 15.9 Å². The Labute approximate surface area is 123 Å². The molecule has 21 heavy (non-hydrogen) atoms. The molecular formula is C13H18FN3O3S. The molecule has 0 spiro atoms. The minimum absolute atomic E-state index is 0.0487. The van der Waals surface area contributed by atoms with Crippen LogP contribution in [-0.4, -0.2) is 60.9 Å². The average Bonchev–Trinajstić information content (AvgIpc) is 2.44. The molecule has 0 aliphatic carbocycles. The first-order valence-electron chi connectivity index (χ1n) is 6.68. The number of carbonyl (C=O) groups is 1. The number of aromatic nitrogens is 1. The Morgan fingerprint density at radius 3 is 2.52 bits per heavy atom. The molecular weight excluding hydrogens is 297 g/mol. The van der Waals surface area contributed by atoms with Crippen LogP contribution in [0, 0.1) is 5.82 Å². The van der Waals surface area contributed by atoms with E-state index in [-0.39, 0.29) is 12.3 Å². The van der Waals surface area contributed by atoms with Gasteiger partial charge in [-0.05, 0) is 18.1 Å². The van der Waals surface area contributed by atoms with Gasteiger partial charge >= 0.3 is 0 Å². The van der Waals surface area contributed by atoms with Gasteiger partial charge in [0.05, 0.1) is 12.5 Å². The first-order chi connectivity index (χ1) is 9.86. The van der Waals surface area contributed by atoms with Crippen LogP contribution in [0.25, 0.3) is 0 Å². The lowest BCUT2D eigenvalue weighted by Gasteiger charge is -2.33. The summed E-state index contributed by atoms with van der Waals surface area (Å²) in [6, 6.07) is 1.36. The standard InChI is InChI=1S/C13H18FN3O3S/c1-21(19,20)17-6-4-16(5-7-17)13(18)3-2-11-8-12(14)10-15-9-11/h8-10H,2-7H2,1H3. The van der Waals surface area contributed by atoms with E-state index in [1.807, 2.05) is 0 Å². The zero-order valence-electron chi connectivity index (χ0n) is 11.8. The van der Waals surface area contributed by atoms with Crippen LogP contribution >= 0.6 is 0 Å². The molecule has 6 nitrogen and oxygen atoms in total. The largest absolute Gasteiger partial charge is 0.340 e. The van der Waals surface area contributed by atoms with Gasteiger partial charge in [-0.1, -0.05) is 0 Å². The van der Waals surface area contributed by atoms with Crippen LogP contribution < -0.4 is 0 Å². The second kappa shape index (κ2) is 6.48. The van der Waals surface area contributed by atoms with Crippen molar-refractivity contribution in [3.63, 3.8) is 0 Å². The first-order valence-corrected chi connectivity index (χ1v) is 8.53. The van der Waals surface area contributed by atoms with Crippen LogP contribution in [0.3, 0.4) is 0 Å². The van der Waals surface area contributed by atoms with Crippen molar-refractivity contribution in [2.75, 3.05) is 32.4 Å². The van der Waals surface area contributed by atoms with E-state index in [0.717, 1.165) is 6.20 Å². The fourth-order valence-corrected chi connectivity index (χ4v) is 3.10. The summed E-state index contributed by atoms with van der Waals surface area (Å²) in [7, 11) is -3.19. The van der Waals surface area contributed by atoms with Gasteiger partial charge in [0.2, 0.25) is 15.9 Å². The smallest absolute Gasteiger partial charge is 0.222 e. The highest BCUT2D eigenvalue weighted by Gasteiger charge is 2.25. The van der Waals surface area contributed by atoms with Gasteiger partial charge in [0, 0.05) is 38.8 Å². The van der Waals surface area contributed by atoms with E-state index in [2.05, 4.69) is 4.98 Å². The molecule has 0 saturated carbocycles. The van der Waals surface area contributed by atoms with Crippen LogP contribution in [0.15, 0.2) is 18.5 Å². The topological polar surface area (TPSA) is 70.6 Å². The zero-order chi connectivity index (χ0) is 15.5. The number of pyridine rings is 1. The molecule has 1 aliphatic rings. The third kappa shape index (κ3) is 4.47. The van der Waals surface area contributed by atoms with Crippen molar-refractivity contribution in [3.05, 3.63) is 29.8 Å². The van der Waals surface area contributed by atoms with Gasteiger partial charge in [0.25, 0.3) is 0 Å². The minimum atomic E-state index is -3.19. The predicted molar refractivity (Wildman–Crippen MR) is 75.5 cm³/mol. The fourth-order valence-electron chi connectivity index (χ4n) is 2.27. The van der Waals surface area contributed by atoms with Gasteiger partial charge in [0.15, 0.2) is 0 Å². The summed E-state index contributed by atoms with van der Waals surface area (Å²) < 4.78 is 37.1. The van der Waals surface area contributed by atoms with Crippen LogP contribution in [0.4, 0.5) is 4.39 Å². The summed E-state index contributed by atoms with van der Waals surface area (Å²) >= 11 is 0. The van der Waals surface area contributed by atoms with Crippen LogP contribution in [0.2, 0.25) is 0 Å². The summed E-state index contributed by atoms with van der Waals surface area (Å²) in [6.45, 7) is 1.44. The Balaban J connectivity index is 1.83. The number of halogens is 1. The van der Waals surface area contributed by atoms with E-state index in [1.165, 1.54) is 22.8 Å². The highest BCUT2D eigenvalue weighted by Crippen LogP contribution is 2.10. The molecule has 0 atom stereocenters. The summed E-state index contributed by atoms with van der Waals surface area (Å²) in [5.41, 5.74) is 0.679. The minimum Gasteiger partial charge on any atom is -0.340 e. The van der Waals surface area contributed by atoms with Crippen molar-refractivity contribution in [3.8, 4) is 0 Å². The molecule has 2 rings (SSSR count). The maximum absolute atomic E-state index is 13.0. The number of aryl methyl sites for hydroxylation is 1. The van der Waals surface area contributed by atoms with Crippen molar-refractivity contribution in [1.82, 2.24) is 14.2 Å². The van der Waals surface area contributed by atoms with Crippen LogP contribution in [0.5, 0.6) is 0 Å². The van der Waals surface area contributed by atoms with E-state index < -0.39 is 15.8 Å². The van der Waals surface area contributed by atoms with E-state index in [1.54, 1.807) is 4.90 Å². The summed E-state index contributed by atoms with van der Waals surface area (Å²) in [5, 5.41) is 0. The first kappa shape index (κ1) is 15.8. The number of piperazine rings is 1. The highest BCUT2D eigenvalue weighted by atomic mass is 32.2. The molecule has 0 radical (unpaired) electrons. The Bertz CT molecular complexity index is 613. The molecule has 0 unspecified atom stereocenters. The maximum Gasteiger partial charge on any atom is 0.222 e. The lowest BCUT2D eigenvalue weighted by atomic mass is 10.1. The Hall–Kier alpha value is -1.54. The Kier molecular flexibility index (Phi) is 4.89. The van der Waals surface area contributed by atoms with Crippen molar-refractivity contribution < 1.29 is 17.6 Å². The van der Waals surface area contributed by atoms with E-state index in [0.29, 0.717) is 38.2 Å². The molecule has 116 valence electrons. The number of nitrogens with zero attached hydrogens (tertiary/aromatic N) is 3. The number of hydrogen-bond acceptors (Lipinski definition) is 4. The molecule has 1 saturated heterocycles. The third-order valence-corrected chi connectivity index (χ3v) is 4.75. The SMILES string of the molecule is CS(=O)(=O)N1CCN(C(=O)CCc2cncc(F)c2)CC1. The zero-order valence-corrected chi connectivity index (χ0v) is 12.6. The lowest BCUT2D eigenvalue weighted by Crippen LogP contribution is -2.50. The molecule has 1 aromatic heterocycles. The molecule has 8 heteroatoms. The van der Waals surface area contributed by atoms with E-state index in [4.69, 9.17) is 0 Å². The maximum atomic E-state index is 13.0. The predicted octanol–water partition coefficient (Wildman–Crippen LogP) is 0.257. The normalized spacial score (nSPS) is 17.0. The molecule has 1 aliphatic heterocycles. The van der Waals surface area contributed by atoms with Gasteiger partial charge in [-0.25, -0.2) is 12.8 Å². The summed E-state index contributed by atoms with van der Waals surface area (Å²) in [6.07, 6.45) is 4.52. The van der Waals surface area contributed by atoms with Gasteiger partial charge in [0.1, 0.15) is 5.82 Å². The molecule has 0 N–H and O–H groups in total. The van der Waals surface area contributed by atoms with Crippen molar-refractivity contribution in [1.29, 1.82) is 0 Å². The molecule has 1 amide bonds. The fraction of sp³-hybridized carbons (Fsp3) is 0.538. The van der Waals surface area contributed by atoms with E-state index in [9.17, 15) is 17.6 Å². The number of carbonyl (C=O) groups excluding carboxylic acids is 1. The van der Waals surface area contributed by atoms with E-state index >= 15 is 0 Å². The van der Waals surface area contributed by atoms with Crippen molar-refractivity contribution in [2.24, 2.45) is 0 Å². The van der Waals surface area contributed by atoms with Crippen molar-refractivity contribution in [2.45, 2.75) is 12.8 Å². The monoisotopic (exact) mass is 315 g/mol. The summed E-state index contributed by atoms with van der Waals surface area (Å²) in [4.78, 5) is 17.4. The number of sulfonamides is 1. The quantitative estimate of drug-likeness (QED) is 0.799. The second-order valence-electron chi connectivity index (χ2n) is 5.05. The summed E-state index contributed by atoms with van der Waals surface area (Å²) in [5.74, 6) is -0.464. The Morgan fingerprint density at radius 2 is 1.95 bits per heavy atom. The van der Waals surface area contributed by atoms with Gasteiger partial charge in [-0.2, -0.15) is 4.31 Å². The van der Waals surface area contributed by atoms with Gasteiger partial charge in [-0.3, -0.25) is 9.78 Å². The molecule has 0 aromatic carbocycles.